The number of methoxy groups -OCH3 is 1. The van der Waals surface area contributed by atoms with Crippen molar-refractivity contribution in [2.24, 2.45) is 0 Å². The summed E-state index contributed by atoms with van der Waals surface area (Å²) in [4.78, 5) is 17.9. The summed E-state index contributed by atoms with van der Waals surface area (Å²) in [5.41, 5.74) is 3.03. The highest BCUT2D eigenvalue weighted by Gasteiger charge is 2.33. The Balaban J connectivity index is 1.71. The minimum absolute atomic E-state index is 0.0218. The first kappa shape index (κ1) is 16.5. The number of benzene rings is 1. The van der Waals surface area contributed by atoms with Crippen LogP contribution in [0.15, 0.2) is 53.2 Å². The maximum absolute atomic E-state index is 13.3. The number of ether oxygens (including phenoxy) is 1. The van der Waals surface area contributed by atoms with Crippen LogP contribution in [0.25, 0.3) is 0 Å². The maximum atomic E-state index is 13.3. The van der Waals surface area contributed by atoms with Crippen LogP contribution in [0.2, 0.25) is 0 Å². The van der Waals surface area contributed by atoms with Crippen molar-refractivity contribution in [3.05, 3.63) is 79.7 Å². The largest absolute Gasteiger partial charge is 0.380 e. The molecule has 1 atom stereocenters. The highest BCUT2D eigenvalue weighted by Crippen LogP contribution is 2.40. The van der Waals surface area contributed by atoms with Gasteiger partial charge in [0.05, 0.1) is 12.6 Å². The first-order valence-electron chi connectivity index (χ1n) is 8.26. The van der Waals surface area contributed by atoms with Gasteiger partial charge in [0, 0.05) is 29.0 Å². The van der Waals surface area contributed by atoms with Crippen LogP contribution >= 0.6 is 22.7 Å². The Morgan fingerprint density at radius 1 is 1.20 bits per heavy atom. The monoisotopic (exact) mass is 369 g/mol. The van der Waals surface area contributed by atoms with Crippen LogP contribution in [0, 0.1) is 0 Å². The molecule has 4 rings (SSSR count). The third-order valence-electron chi connectivity index (χ3n) is 4.52. The van der Waals surface area contributed by atoms with Gasteiger partial charge in [-0.3, -0.25) is 4.79 Å². The molecule has 0 bridgehead atoms. The summed E-state index contributed by atoms with van der Waals surface area (Å²) in [5.74, 6) is 0.0909. The van der Waals surface area contributed by atoms with E-state index < -0.39 is 0 Å². The normalized spacial score (nSPS) is 16.7. The van der Waals surface area contributed by atoms with Gasteiger partial charge in [0.25, 0.3) is 5.91 Å². The van der Waals surface area contributed by atoms with Gasteiger partial charge in [0.1, 0.15) is 0 Å². The molecule has 0 unspecified atom stereocenters. The molecule has 3 nitrogen and oxygen atoms in total. The van der Waals surface area contributed by atoms with Gasteiger partial charge in [-0.1, -0.05) is 18.2 Å². The van der Waals surface area contributed by atoms with Crippen molar-refractivity contribution in [1.82, 2.24) is 4.90 Å². The van der Waals surface area contributed by atoms with Crippen LogP contribution < -0.4 is 0 Å². The average Bonchev–Trinajstić information content (AvgIpc) is 3.32. The zero-order chi connectivity index (χ0) is 17.2. The molecule has 1 amide bonds. The summed E-state index contributed by atoms with van der Waals surface area (Å²) in [5, 5.41) is 4.22. The number of hydrogen-bond donors (Lipinski definition) is 0. The molecule has 25 heavy (non-hydrogen) atoms. The lowest BCUT2D eigenvalue weighted by molar-refractivity contribution is 0.0698. The second kappa shape index (κ2) is 7.12. The fraction of sp³-hybridized carbons (Fsp3) is 0.250. The fourth-order valence-electron chi connectivity index (χ4n) is 3.42. The van der Waals surface area contributed by atoms with Crippen molar-refractivity contribution in [3.8, 4) is 0 Å². The Morgan fingerprint density at radius 3 is 2.92 bits per heavy atom. The molecule has 3 aromatic rings. The molecule has 0 saturated heterocycles. The molecule has 0 radical (unpaired) electrons. The van der Waals surface area contributed by atoms with E-state index in [-0.39, 0.29) is 11.9 Å². The van der Waals surface area contributed by atoms with Gasteiger partial charge in [-0.2, -0.15) is 0 Å². The van der Waals surface area contributed by atoms with E-state index in [4.69, 9.17) is 4.74 Å². The molecule has 0 spiro atoms. The number of rotatable bonds is 4. The van der Waals surface area contributed by atoms with Gasteiger partial charge < -0.3 is 9.64 Å². The number of hydrogen-bond acceptors (Lipinski definition) is 4. The first-order valence-corrected chi connectivity index (χ1v) is 10.0. The SMILES string of the molecule is COCc1cccc(C(=O)N2CCc3sccc3[C@H]2c2cccs2)c1. The van der Waals surface area contributed by atoms with Gasteiger partial charge in [-0.05, 0) is 52.6 Å². The summed E-state index contributed by atoms with van der Waals surface area (Å²) < 4.78 is 5.20. The first-order chi connectivity index (χ1) is 12.3. The standard InChI is InChI=1S/C20H19NO2S2/c1-23-13-14-4-2-5-15(12-14)20(22)21-9-7-17-16(8-11-25-17)19(21)18-6-3-10-24-18/h2-6,8,10-12,19H,7,9,13H2,1H3/t19-/m0/s1. The fourth-order valence-corrected chi connectivity index (χ4v) is 5.17. The lowest BCUT2D eigenvalue weighted by Crippen LogP contribution is -2.39. The van der Waals surface area contributed by atoms with Crippen molar-refractivity contribution in [2.45, 2.75) is 19.1 Å². The van der Waals surface area contributed by atoms with Crippen LogP contribution in [-0.2, 0) is 17.8 Å². The molecule has 1 aromatic carbocycles. The van der Waals surface area contributed by atoms with Gasteiger partial charge in [-0.25, -0.2) is 0 Å². The summed E-state index contributed by atoms with van der Waals surface area (Å²) in [6.45, 7) is 1.27. The summed E-state index contributed by atoms with van der Waals surface area (Å²) in [7, 11) is 1.67. The van der Waals surface area contributed by atoms with Crippen molar-refractivity contribution < 1.29 is 9.53 Å². The molecule has 5 heteroatoms. The molecular weight excluding hydrogens is 350 g/mol. The Morgan fingerprint density at radius 2 is 2.12 bits per heavy atom. The molecule has 0 aliphatic carbocycles. The molecule has 1 aliphatic rings. The van der Waals surface area contributed by atoms with E-state index in [9.17, 15) is 4.79 Å². The number of thiophene rings is 2. The summed E-state index contributed by atoms with van der Waals surface area (Å²) >= 11 is 3.51. The zero-order valence-electron chi connectivity index (χ0n) is 14.0. The van der Waals surface area contributed by atoms with Crippen LogP contribution in [0.4, 0.5) is 0 Å². The van der Waals surface area contributed by atoms with Crippen LogP contribution in [0.3, 0.4) is 0 Å². The second-order valence-corrected chi connectivity index (χ2v) is 8.08. The third-order valence-corrected chi connectivity index (χ3v) is 6.45. The summed E-state index contributed by atoms with van der Waals surface area (Å²) in [6.07, 6.45) is 0.929. The molecule has 0 N–H and O–H groups in total. The minimum atomic E-state index is 0.0218. The Kier molecular flexibility index (Phi) is 4.70. The predicted octanol–water partition coefficient (Wildman–Crippen LogP) is 4.74. The molecule has 1 aliphatic heterocycles. The summed E-state index contributed by atoms with van der Waals surface area (Å²) in [6, 6.07) is 14.1. The molecule has 128 valence electrons. The Hall–Kier alpha value is -1.95. The van der Waals surface area contributed by atoms with Gasteiger partial charge >= 0.3 is 0 Å². The third kappa shape index (κ3) is 3.15. The van der Waals surface area contributed by atoms with Crippen molar-refractivity contribution in [1.29, 1.82) is 0 Å². The molecular formula is C20H19NO2S2. The molecule has 3 heterocycles. The van der Waals surface area contributed by atoms with E-state index in [0.717, 1.165) is 24.1 Å². The van der Waals surface area contributed by atoms with E-state index in [1.807, 2.05) is 29.2 Å². The second-order valence-electron chi connectivity index (χ2n) is 6.10. The van der Waals surface area contributed by atoms with Crippen molar-refractivity contribution >= 4 is 28.6 Å². The van der Waals surface area contributed by atoms with E-state index in [2.05, 4.69) is 29.0 Å². The number of amides is 1. The van der Waals surface area contributed by atoms with Gasteiger partial charge in [0.2, 0.25) is 0 Å². The molecule has 2 aromatic heterocycles. The lowest BCUT2D eigenvalue weighted by Gasteiger charge is -2.35. The van der Waals surface area contributed by atoms with E-state index in [1.54, 1.807) is 29.8 Å². The Bertz CT molecular complexity index is 869. The lowest BCUT2D eigenvalue weighted by atomic mass is 9.97. The maximum Gasteiger partial charge on any atom is 0.254 e. The van der Waals surface area contributed by atoms with Crippen LogP contribution in [0.5, 0.6) is 0 Å². The molecule has 0 fully saturated rings. The highest BCUT2D eigenvalue weighted by molar-refractivity contribution is 7.10. The average molecular weight is 370 g/mol. The number of carbonyl (C=O) groups is 1. The van der Waals surface area contributed by atoms with Gasteiger partial charge in [-0.15, -0.1) is 22.7 Å². The number of nitrogens with zero attached hydrogens (tertiary/aromatic N) is 1. The minimum Gasteiger partial charge on any atom is -0.380 e. The van der Waals surface area contributed by atoms with Crippen LogP contribution in [0.1, 0.15) is 37.3 Å². The quantitative estimate of drug-likeness (QED) is 0.664. The van der Waals surface area contributed by atoms with Gasteiger partial charge in [0.15, 0.2) is 0 Å². The number of carbonyl (C=O) groups excluding carboxylic acids is 1. The van der Waals surface area contributed by atoms with Crippen molar-refractivity contribution in [2.75, 3.05) is 13.7 Å². The topological polar surface area (TPSA) is 29.5 Å². The highest BCUT2D eigenvalue weighted by atomic mass is 32.1. The predicted molar refractivity (Wildman–Crippen MR) is 102 cm³/mol. The van der Waals surface area contributed by atoms with Crippen LogP contribution in [-0.4, -0.2) is 24.5 Å². The number of fused-ring (bicyclic) bond motifs is 1. The van der Waals surface area contributed by atoms with Crippen molar-refractivity contribution in [3.63, 3.8) is 0 Å². The van der Waals surface area contributed by atoms with E-state index in [0.29, 0.717) is 6.61 Å². The van der Waals surface area contributed by atoms with E-state index in [1.165, 1.54) is 15.3 Å². The zero-order valence-corrected chi connectivity index (χ0v) is 15.6. The molecule has 0 saturated carbocycles. The Labute approximate surface area is 155 Å². The smallest absolute Gasteiger partial charge is 0.254 e. The van der Waals surface area contributed by atoms with E-state index >= 15 is 0 Å².